The number of aromatic nitrogens is 3. The fourth-order valence-electron chi connectivity index (χ4n) is 6.24. The maximum atomic E-state index is 12.4. The molecular formula is C34H45N7O4S2. The zero-order chi connectivity index (χ0) is 34.1. The lowest BCUT2D eigenvalue weighted by atomic mass is 9.79. The van der Waals surface area contributed by atoms with Crippen LogP contribution in [0.4, 0.5) is 11.4 Å². The molecule has 0 spiro atoms. The van der Waals surface area contributed by atoms with Crippen molar-refractivity contribution in [3.8, 4) is 0 Å². The lowest BCUT2D eigenvalue weighted by Crippen LogP contribution is -2.48. The second kappa shape index (κ2) is 13.9. The molecule has 2 unspecified atom stereocenters. The van der Waals surface area contributed by atoms with Crippen molar-refractivity contribution in [3.05, 3.63) is 64.7 Å². The van der Waals surface area contributed by atoms with E-state index in [9.17, 15) is 18.3 Å². The minimum absolute atomic E-state index is 0.0371. The first-order valence-corrected chi connectivity index (χ1v) is 18.8. The Kier molecular flexibility index (Phi) is 10.3. The molecule has 0 radical (unpaired) electrons. The molecule has 3 aromatic rings. The molecule has 0 amide bonds. The van der Waals surface area contributed by atoms with E-state index in [1.807, 2.05) is 13.8 Å². The molecule has 2 N–H and O–H groups in total. The topological polar surface area (TPSA) is 142 Å². The van der Waals surface area contributed by atoms with Crippen LogP contribution >= 0.6 is 11.8 Å². The number of thioether (sulfide) groups is 1. The van der Waals surface area contributed by atoms with Crippen molar-refractivity contribution < 1.29 is 18.3 Å². The lowest BCUT2D eigenvalue weighted by Gasteiger charge is -2.48. The fraction of sp³-hybridized carbons (Fsp3) is 0.500. The van der Waals surface area contributed by atoms with Crippen LogP contribution in [0.25, 0.3) is 0 Å². The molecule has 2 aliphatic heterocycles. The van der Waals surface area contributed by atoms with E-state index < -0.39 is 16.0 Å². The molecule has 2 aromatic carbocycles. The van der Waals surface area contributed by atoms with Gasteiger partial charge >= 0.3 is 5.97 Å². The van der Waals surface area contributed by atoms with Gasteiger partial charge in [0.25, 0.3) is 0 Å². The highest BCUT2D eigenvalue weighted by Crippen LogP contribution is 2.46. The van der Waals surface area contributed by atoms with Gasteiger partial charge in [0.05, 0.1) is 17.0 Å². The molecule has 0 aliphatic carbocycles. The average molecular weight is 680 g/mol. The van der Waals surface area contributed by atoms with E-state index in [0.29, 0.717) is 39.6 Å². The Morgan fingerprint density at radius 2 is 1.96 bits per heavy atom. The van der Waals surface area contributed by atoms with Gasteiger partial charge in [0.15, 0.2) is 10.9 Å². The molecule has 0 bridgehead atoms. The molecule has 0 saturated heterocycles. The number of rotatable bonds is 12. The number of carboxylic acid groups (broad SMARTS) is 1. The van der Waals surface area contributed by atoms with Gasteiger partial charge in [-0.05, 0) is 81.3 Å². The van der Waals surface area contributed by atoms with Crippen LogP contribution in [0.3, 0.4) is 0 Å². The average Bonchev–Trinajstić information content (AvgIpc) is 3.56. The van der Waals surface area contributed by atoms with E-state index in [0.717, 1.165) is 37.1 Å². The number of fused-ring (bicyclic) bond motifs is 2. The van der Waals surface area contributed by atoms with E-state index >= 15 is 0 Å². The summed E-state index contributed by atoms with van der Waals surface area (Å²) in [6, 6.07) is 11.2. The Morgan fingerprint density at radius 3 is 2.66 bits per heavy atom. The van der Waals surface area contributed by atoms with Gasteiger partial charge in [0.1, 0.15) is 5.71 Å². The summed E-state index contributed by atoms with van der Waals surface area (Å²) in [6.07, 6.45) is 3.45. The Labute approximate surface area is 282 Å². The van der Waals surface area contributed by atoms with Crippen LogP contribution in [0.2, 0.25) is 0 Å². The molecule has 11 nitrogen and oxygen atoms in total. The molecular weight excluding hydrogens is 635 g/mol. The standard InChI is InChI=1S/C34H45N7O4S2/c1-8-10-16-47(44,45)35-20-23(5)30-37-31-29(32(39-41(31)38-30)46-28-14-12-11-13-24(28)33(42)43)36-26-18-25-22(4)19-34(6,7)40(15-9-2)27(25)17-21(26)3/h11-14,17-18,22-23,35H,8-10,15-16,19-20H2,1-7H3,(H,42,43). The van der Waals surface area contributed by atoms with E-state index in [1.54, 1.807) is 24.3 Å². The lowest BCUT2D eigenvalue weighted by molar-refractivity contribution is 0.0693. The summed E-state index contributed by atoms with van der Waals surface area (Å²) in [5.41, 5.74) is 4.97. The maximum Gasteiger partial charge on any atom is 0.336 e. The number of aryl methyl sites for hydroxylation is 1. The zero-order valence-electron chi connectivity index (χ0n) is 28.2. The molecule has 47 heavy (non-hydrogen) atoms. The van der Waals surface area contributed by atoms with Crippen molar-refractivity contribution in [2.45, 2.75) is 96.4 Å². The number of carboxylic acids is 1. The van der Waals surface area contributed by atoms with Crippen molar-refractivity contribution in [1.82, 2.24) is 19.6 Å². The van der Waals surface area contributed by atoms with Crippen LogP contribution in [-0.2, 0) is 10.0 Å². The van der Waals surface area contributed by atoms with Crippen LogP contribution < -0.4 is 9.62 Å². The molecule has 2 atom stereocenters. The number of carbonyl (C=O) groups is 1. The smallest absolute Gasteiger partial charge is 0.336 e. The molecule has 13 heteroatoms. The number of benzene rings is 2. The monoisotopic (exact) mass is 679 g/mol. The van der Waals surface area contributed by atoms with Crippen LogP contribution in [0.1, 0.15) is 112 Å². The molecule has 1 aromatic heterocycles. The third-order valence-corrected chi connectivity index (χ3v) is 11.2. The summed E-state index contributed by atoms with van der Waals surface area (Å²) in [5.74, 6) is -0.0669. The van der Waals surface area contributed by atoms with Crippen molar-refractivity contribution in [2.75, 3.05) is 23.7 Å². The van der Waals surface area contributed by atoms with Gasteiger partial charge in [0, 0.05) is 35.1 Å². The third-order valence-electron chi connectivity index (χ3n) is 8.73. The van der Waals surface area contributed by atoms with Gasteiger partial charge in [-0.1, -0.05) is 58.0 Å². The summed E-state index contributed by atoms with van der Waals surface area (Å²) in [6.45, 7) is 16.1. The number of nitrogens with zero attached hydrogens (tertiary/aromatic N) is 6. The molecule has 3 heterocycles. The van der Waals surface area contributed by atoms with Gasteiger partial charge in [-0.25, -0.2) is 27.9 Å². The molecule has 0 saturated carbocycles. The number of nitrogens with one attached hydrogen (secondary N) is 1. The first-order valence-electron chi connectivity index (χ1n) is 16.3. The minimum Gasteiger partial charge on any atom is -0.478 e. The van der Waals surface area contributed by atoms with E-state index in [1.165, 1.54) is 27.8 Å². The SMILES string of the molecule is CCCCS(=O)(=O)NCC(C)c1nc2n(n1)N=C(Sc1ccccc1C(=O)O)C2=Nc1cc2c(cc1C)N(CCC)C(C)(C)CC2C. The highest BCUT2D eigenvalue weighted by molar-refractivity contribution is 8.16. The first kappa shape index (κ1) is 34.8. The van der Waals surface area contributed by atoms with Crippen molar-refractivity contribution in [3.63, 3.8) is 0 Å². The number of sulfonamides is 1. The van der Waals surface area contributed by atoms with E-state index in [-0.39, 0.29) is 29.3 Å². The second-order valence-corrected chi connectivity index (χ2v) is 16.1. The van der Waals surface area contributed by atoms with Gasteiger partial charge in [-0.3, -0.25) is 0 Å². The highest BCUT2D eigenvalue weighted by atomic mass is 32.2. The first-order chi connectivity index (χ1) is 22.2. The summed E-state index contributed by atoms with van der Waals surface area (Å²) >= 11 is 1.21. The summed E-state index contributed by atoms with van der Waals surface area (Å²) in [5, 5.41) is 19.6. The van der Waals surface area contributed by atoms with E-state index in [4.69, 9.17) is 15.1 Å². The Hall–Kier alpha value is -3.55. The zero-order valence-corrected chi connectivity index (χ0v) is 29.9. The maximum absolute atomic E-state index is 12.4. The Balaban J connectivity index is 1.55. The molecule has 0 fully saturated rings. The Morgan fingerprint density at radius 1 is 1.21 bits per heavy atom. The summed E-state index contributed by atoms with van der Waals surface area (Å²) < 4.78 is 27.5. The van der Waals surface area contributed by atoms with Gasteiger partial charge in [-0.2, -0.15) is 0 Å². The Bertz CT molecular complexity index is 1830. The predicted octanol–water partition coefficient (Wildman–Crippen LogP) is 6.70. The van der Waals surface area contributed by atoms with Crippen LogP contribution in [0.15, 0.2) is 51.4 Å². The summed E-state index contributed by atoms with van der Waals surface area (Å²) in [4.78, 5) is 26.4. The van der Waals surface area contributed by atoms with Crippen molar-refractivity contribution in [2.24, 2.45) is 10.1 Å². The second-order valence-electron chi connectivity index (χ2n) is 13.1. The quantitative estimate of drug-likeness (QED) is 0.215. The third kappa shape index (κ3) is 7.47. The normalized spacial score (nSPS) is 18.6. The van der Waals surface area contributed by atoms with Crippen LogP contribution in [-0.4, -0.2) is 69.5 Å². The van der Waals surface area contributed by atoms with Gasteiger partial charge in [0.2, 0.25) is 15.8 Å². The number of hydrogen-bond donors (Lipinski definition) is 2. The summed E-state index contributed by atoms with van der Waals surface area (Å²) in [7, 11) is -3.40. The molecule has 252 valence electrons. The number of aromatic carboxylic acids is 1. The number of unbranched alkanes of at least 4 members (excludes halogenated alkanes) is 1. The molecule has 5 rings (SSSR count). The van der Waals surface area contributed by atoms with Crippen LogP contribution in [0, 0.1) is 6.92 Å². The number of anilines is 1. The van der Waals surface area contributed by atoms with Gasteiger partial charge < -0.3 is 10.0 Å². The van der Waals surface area contributed by atoms with Crippen molar-refractivity contribution in [1.29, 1.82) is 0 Å². The minimum atomic E-state index is -3.40. The predicted molar refractivity (Wildman–Crippen MR) is 189 cm³/mol. The van der Waals surface area contributed by atoms with Gasteiger partial charge in [-0.15, -0.1) is 15.0 Å². The number of aliphatic imine (C=N–C) groups is 1. The largest absolute Gasteiger partial charge is 0.478 e. The number of hydrogen-bond acceptors (Lipinski definition) is 9. The van der Waals surface area contributed by atoms with Crippen LogP contribution in [0.5, 0.6) is 0 Å². The van der Waals surface area contributed by atoms with Crippen molar-refractivity contribution >= 4 is 49.9 Å². The highest BCUT2D eigenvalue weighted by Gasteiger charge is 2.37. The molecule has 2 aliphatic rings. The van der Waals surface area contributed by atoms with E-state index in [2.05, 4.69) is 61.5 Å². The fourth-order valence-corrected chi connectivity index (χ4v) is 8.53.